The highest BCUT2D eigenvalue weighted by Gasteiger charge is 1.97. The predicted molar refractivity (Wildman–Crippen MR) is 53.4 cm³/mol. The van der Waals surface area contributed by atoms with Gasteiger partial charge in [0, 0.05) is 10.6 Å². The molecular formula is C8H8ClNOS. The standard InChI is InChI=1S/C8H8ClNOS/c9-7-3-1-6(2-4-7)8(12)10-5-11/h1-4,11H,5H2,(H,10,12). The molecule has 0 aliphatic carbocycles. The molecule has 0 aliphatic rings. The smallest absolute Gasteiger partial charge is 0.113 e. The summed E-state index contributed by atoms with van der Waals surface area (Å²) in [5, 5.41) is 11.8. The van der Waals surface area contributed by atoms with E-state index in [1.807, 2.05) is 0 Å². The third kappa shape index (κ3) is 2.44. The third-order valence-electron chi connectivity index (χ3n) is 1.35. The summed E-state index contributed by atoms with van der Waals surface area (Å²) >= 11 is 10.6. The van der Waals surface area contributed by atoms with Gasteiger partial charge in [-0.3, -0.25) is 0 Å². The van der Waals surface area contributed by atoms with Crippen molar-refractivity contribution in [2.24, 2.45) is 0 Å². The molecular weight excluding hydrogens is 194 g/mol. The lowest BCUT2D eigenvalue weighted by molar-refractivity contribution is 0.287. The van der Waals surface area contributed by atoms with E-state index in [-0.39, 0.29) is 6.73 Å². The van der Waals surface area contributed by atoms with Gasteiger partial charge in [0.05, 0.1) is 0 Å². The highest BCUT2D eigenvalue weighted by Crippen LogP contribution is 2.09. The van der Waals surface area contributed by atoms with Crippen LogP contribution in [0, 0.1) is 0 Å². The van der Waals surface area contributed by atoms with E-state index in [0.717, 1.165) is 5.56 Å². The van der Waals surface area contributed by atoms with Crippen LogP contribution < -0.4 is 5.32 Å². The Labute approximate surface area is 81.2 Å². The first-order valence-electron chi connectivity index (χ1n) is 3.38. The zero-order valence-corrected chi connectivity index (χ0v) is 7.82. The van der Waals surface area contributed by atoms with Crippen LogP contribution in [0.15, 0.2) is 24.3 Å². The van der Waals surface area contributed by atoms with Crippen molar-refractivity contribution in [2.75, 3.05) is 6.73 Å². The Morgan fingerprint density at radius 2 is 2.00 bits per heavy atom. The number of thiocarbonyl (C=S) groups is 1. The van der Waals surface area contributed by atoms with Gasteiger partial charge < -0.3 is 10.4 Å². The van der Waals surface area contributed by atoms with Crippen molar-refractivity contribution in [2.45, 2.75) is 0 Å². The van der Waals surface area contributed by atoms with E-state index in [2.05, 4.69) is 5.32 Å². The Hall–Kier alpha value is -0.640. The van der Waals surface area contributed by atoms with Crippen LogP contribution in [-0.4, -0.2) is 16.8 Å². The van der Waals surface area contributed by atoms with Gasteiger partial charge in [-0.05, 0) is 12.1 Å². The van der Waals surface area contributed by atoms with Crippen LogP contribution in [0.1, 0.15) is 5.56 Å². The summed E-state index contributed by atoms with van der Waals surface area (Å²) in [7, 11) is 0. The number of hydrogen-bond acceptors (Lipinski definition) is 2. The third-order valence-corrected chi connectivity index (χ3v) is 1.98. The van der Waals surface area contributed by atoms with Crippen molar-refractivity contribution in [1.29, 1.82) is 0 Å². The Kier molecular flexibility index (Phi) is 3.47. The van der Waals surface area contributed by atoms with Crippen molar-refractivity contribution in [3.8, 4) is 0 Å². The molecule has 12 heavy (non-hydrogen) atoms. The van der Waals surface area contributed by atoms with Crippen molar-refractivity contribution >= 4 is 28.8 Å². The fourth-order valence-electron chi connectivity index (χ4n) is 0.775. The van der Waals surface area contributed by atoms with Gasteiger partial charge in [0.1, 0.15) is 11.7 Å². The van der Waals surface area contributed by atoms with Gasteiger partial charge in [0.25, 0.3) is 0 Å². The van der Waals surface area contributed by atoms with Crippen LogP contribution in [-0.2, 0) is 0 Å². The topological polar surface area (TPSA) is 32.3 Å². The number of hydrogen-bond donors (Lipinski definition) is 2. The number of halogens is 1. The quantitative estimate of drug-likeness (QED) is 0.563. The summed E-state index contributed by atoms with van der Waals surface area (Å²) < 4.78 is 0. The molecule has 1 aromatic rings. The number of aliphatic hydroxyl groups excluding tert-OH is 1. The van der Waals surface area contributed by atoms with Crippen LogP contribution in [0.3, 0.4) is 0 Å². The number of rotatable bonds is 2. The van der Waals surface area contributed by atoms with Gasteiger partial charge in [-0.15, -0.1) is 0 Å². The first kappa shape index (κ1) is 9.45. The highest BCUT2D eigenvalue weighted by atomic mass is 35.5. The molecule has 0 saturated carbocycles. The minimum Gasteiger partial charge on any atom is -0.377 e. The van der Waals surface area contributed by atoms with E-state index in [0.29, 0.717) is 10.0 Å². The molecule has 0 amide bonds. The Balaban J connectivity index is 2.75. The molecule has 2 N–H and O–H groups in total. The monoisotopic (exact) mass is 201 g/mol. The molecule has 0 unspecified atom stereocenters. The van der Waals surface area contributed by atoms with Crippen molar-refractivity contribution in [3.63, 3.8) is 0 Å². The molecule has 0 saturated heterocycles. The van der Waals surface area contributed by atoms with E-state index < -0.39 is 0 Å². The molecule has 0 bridgehead atoms. The van der Waals surface area contributed by atoms with Gasteiger partial charge in [0.2, 0.25) is 0 Å². The molecule has 4 heteroatoms. The largest absolute Gasteiger partial charge is 0.377 e. The molecule has 0 heterocycles. The minimum atomic E-state index is -0.151. The fourth-order valence-corrected chi connectivity index (χ4v) is 1.10. The lowest BCUT2D eigenvalue weighted by atomic mass is 10.2. The average molecular weight is 202 g/mol. The van der Waals surface area contributed by atoms with Crippen molar-refractivity contribution in [3.05, 3.63) is 34.9 Å². The zero-order chi connectivity index (χ0) is 8.97. The highest BCUT2D eigenvalue weighted by molar-refractivity contribution is 7.80. The SMILES string of the molecule is OCNC(=S)c1ccc(Cl)cc1. The molecule has 64 valence electrons. The van der Waals surface area contributed by atoms with Crippen LogP contribution in [0.4, 0.5) is 0 Å². The summed E-state index contributed by atoms with van der Waals surface area (Å²) in [6, 6.07) is 7.10. The van der Waals surface area contributed by atoms with Gasteiger partial charge >= 0.3 is 0 Å². The number of benzene rings is 1. The Morgan fingerprint density at radius 3 is 2.50 bits per heavy atom. The van der Waals surface area contributed by atoms with Gasteiger partial charge in [-0.2, -0.15) is 0 Å². The Morgan fingerprint density at radius 1 is 1.42 bits per heavy atom. The fraction of sp³-hybridized carbons (Fsp3) is 0.125. The van der Waals surface area contributed by atoms with E-state index in [4.69, 9.17) is 28.9 Å². The number of aliphatic hydroxyl groups is 1. The second kappa shape index (κ2) is 4.40. The molecule has 0 aromatic heterocycles. The van der Waals surface area contributed by atoms with Crippen LogP contribution in [0.2, 0.25) is 5.02 Å². The van der Waals surface area contributed by atoms with Crippen LogP contribution in [0.5, 0.6) is 0 Å². The summed E-state index contributed by atoms with van der Waals surface area (Å²) in [6.45, 7) is -0.151. The second-order valence-corrected chi connectivity index (χ2v) is 3.02. The normalized spacial score (nSPS) is 9.50. The van der Waals surface area contributed by atoms with Gasteiger partial charge in [0.15, 0.2) is 0 Å². The molecule has 1 rings (SSSR count). The molecule has 0 radical (unpaired) electrons. The molecule has 0 atom stereocenters. The lowest BCUT2D eigenvalue weighted by Crippen LogP contribution is -2.22. The van der Waals surface area contributed by atoms with E-state index in [9.17, 15) is 0 Å². The zero-order valence-electron chi connectivity index (χ0n) is 6.25. The second-order valence-electron chi connectivity index (χ2n) is 2.17. The Bertz CT molecular complexity index is 273. The summed E-state index contributed by atoms with van der Waals surface area (Å²) in [6.07, 6.45) is 0. The first-order valence-corrected chi connectivity index (χ1v) is 4.17. The van der Waals surface area contributed by atoms with Gasteiger partial charge in [-0.25, -0.2) is 0 Å². The maximum Gasteiger partial charge on any atom is 0.113 e. The predicted octanol–water partition coefficient (Wildman–Crippen LogP) is 1.55. The summed E-state index contributed by atoms with van der Waals surface area (Å²) in [5.74, 6) is 0. The van der Waals surface area contributed by atoms with E-state index >= 15 is 0 Å². The molecule has 1 aromatic carbocycles. The minimum absolute atomic E-state index is 0.151. The number of nitrogens with one attached hydrogen (secondary N) is 1. The van der Waals surface area contributed by atoms with Crippen molar-refractivity contribution in [1.82, 2.24) is 5.32 Å². The summed E-state index contributed by atoms with van der Waals surface area (Å²) in [4.78, 5) is 0.522. The molecule has 0 fully saturated rings. The maximum atomic E-state index is 8.53. The maximum absolute atomic E-state index is 8.53. The van der Waals surface area contributed by atoms with Crippen molar-refractivity contribution < 1.29 is 5.11 Å². The lowest BCUT2D eigenvalue weighted by Gasteiger charge is -2.03. The van der Waals surface area contributed by atoms with Gasteiger partial charge in [-0.1, -0.05) is 36.0 Å². The average Bonchev–Trinajstić information content (AvgIpc) is 2.06. The van der Waals surface area contributed by atoms with Crippen LogP contribution >= 0.6 is 23.8 Å². The summed E-state index contributed by atoms with van der Waals surface area (Å²) in [5.41, 5.74) is 0.850. The molecule has 0 spiro atoms. The first-order chi connectivity index (χ1) is 5.74. The van der Waals surface area contributed by atoms with E-state index in [1.54, 1.807) is 24.3 Å². The van der Waals surface area contributed by atoms with E-state index in [1.165, 1.54) is 0 Å². The molecule has 2 nitrogen and oxygen atoms in total. The molecule has 0 aliphatic heterocycles. The van der Waals surface area contributed by atoms with Crippen LogP contribution in [0.25, 0.3) is 0 Å².